The summed E-state index contributed by atoms with van der Waals surface area (Å²) in [5.41, 5.74) is 2.45. The molecular weight excluding hydrogens is 376 g/mol. The second-order valence-corrected chi connectivity index (χ2v) is 8.14. The fourth-order valence-corrected chi connectivity index (χ4v) is 4.15. The summed E-state index contributed by atoms with van der Waals surface area (Å²) in [6.07, 6.45) is 2.76. The van der Waals surface area contributed by atoms with Gasteiger partial charge in [0.05, 0.1) is 20.1 Å². The zero-order valence-electron chi connectivity index (χ0n) is 18.6. The van der Waals surface area contributed by atoms with Crippen LogP contribution in [0.3, 0.4) is 0 Å². The summed E-state index contributed by atoms with van der Waals surface area (Å²) in [6, 6.07) is 17.1. The predicted octanol–water partition coefficient (Wildman–Crippen LogP) is 4.57. The summed E-state index contributed by atoms with van der Waals surface area (Å²) < 4.78 is 10.9. The summed E-state index contributed by atoms with van der Waals surface area (Å²) in [7, 11) is 3.32. The smallest absolute Gasteiger partial charge is 0.224 e. The molecule has 2 aromatic carbocycles. The third kappa shape index (κ3) is 5.33. The van der Waals surface area contributed by atoms with Crippen LogP contribution in [0, 0.1) is 5.92 Å². The average molecular weight is 411 g/mol. The van der Waals surface area contributed by atoms with E-state index in [-0.39, 0.29) is 23.9 Å². The van der Waals surface area contributed by atoms with Gasteiger partial charge < -0.3 is 14.8 Å². The highest BCUT2D eigenvalue weighted by Crippen LogP contribution is 2.38. The zero-order valence-corrected chi connectivity index (χ0v) is 18.6. The van der Waals surface area contributed by atoms with Crippen LogP contribution in [0.1, 0.15) is 50.3 Å². The molecule has 162 valence electrons. The van der Waals surface area contributed by atoms with Crippen molar-refractivity contribution in [3.63, 3.8) is 0 Å². The number of carbonyl (C=O) groups is 1. The molecule has 1 fully saturated rings. The lowest BCUT2D eigenvalue weighted by Gasteiger charge is -2.40. The van der Waals surface area contributed by atoms with Crippen LogP contribution in [0.5, 0.6) is 11.5 Å². The van der Waals surface area contributed by atoms with E-state index in [9.17, 15) is 4.79 Å². The number of nitrogens with one attached hydrogen (secondary N) is 1. The van der Waals surface area contributed by atoms with Crippen LogP contribution < -0.4 is 14.8 Å². The molecule has 5 nitrogen and oxygen atoms in total. The predicted molar refractivity (Wildman–Crippen MR) is 120 cm³/mol. The lowest BCUT2D eigenvalue weighted by Crippen LogP contribution is -2.46. The number of amides is 1. The third-order valence-corrected chi connectivity index (χ3v) is 6.08. The van der Waals surface area contributed by atoms with Gasteiger partial charge in [0, 0.05) is 25.2 Å². The molecule has 2 aromatic rings. The fraction of sp³-hybridized carbons (Fsp3) is 0.480. The number of piperidine rings is 1. The highest BCUT2D eigenvalue weighted by atomic mass is 16.5. The number of benzene rings is 2. The summed E-state index contributed by atoms with van der Waals surface area (Å²) in [6.45, 7) is 5.72. The Labute approximate surface area is 180 Å². The minimum Gasteiger partial charge on any atom is -0.493 e. The number of nitrogens with zero attached hydrogens (tertiary/aromatic N) is 1. The first-order valence-corrected chi connectivity index (χ1v) is 10.9. The maximum absolute atomic E-state index is 12.8. The van der Waals surface area contributed by atoms with Crippen molar-refractivity contribution in [2.75, 3.05) is 20.8 Å². The normalized spacial score (nSPS) is 20.4. The first-order chi connectivity index (χ1) is 14.5. The Hall–Kier alpha value is -2.53. The highest BCUT2D eigenvalue weighted by Gasteiger charge is 2.33. The van der Waals surface area contributed by atoms with Gasteiger partial charge in [-0.05, 0) is 49.4 Å². The van der Waals surface area contributed by atoms with E-state index in [0.717, 1.165) is 43.9 Å². The number of likely N-dealkylation sites (tertiary alicyclic amines) is 1. The molecule has 0 aromatic heterocycles. The van der Waals surface area contributed by atoms with Gasteiger partial charge in [0.1, 0.15) is 0 Å². The molecule has 1 aliphatic heterocycles. The Morgan fingerprint density at radius 2 is 1.83 bits per heavy atom. The van der Waals surface area contributed by atoms with Gasteiger partial charge in [-0.3, -0.25) is 9.69 Å². The first-order valence-electron chi connectivity index (χ1n) is 10.9. The minimum absolute atomic E-state index is 0.0131. The van der Waals surface area contributed by atoms with Crippen molar-refractivity contribution in [2.45, 2.75) is 51.7 Å². The van der Waals surface area contributed by atoms with Crippen molar-refractivity contribution < 1.29 is 14.3 Å². The summed E-state index contributed by atoms with van der Waals surface area (Å²) in [5, 5.41) is 3.17. The van der Waals surface area contributed by atoms with E-state index in [1.54, 1.807) is 14.2 Å². The van der Waals surface area contributed by atoms with E-state index in [2.05, 4.69) is 60.5 Å². The largest absolute Gasteiger partial charge is 0.493 e. The van der Waals surface area contributed by atoms with Gasteiger partial charge in [-0.2, -0.15) is 0 Å². The topological polar surface area (TPSA) is 50.8 Å². The molecule has 1 amide bonds. The molecule has 1 heterocycles. The Morgan fingerprint density at radius 3 is 2.50 bits per heavy atom. The van der Waals surface area contributed by atoms with E-state index < -0.39 is 0 Å². The molecule has 1 saturated heterocycles. The van der Waals surface area contributed by atoms with Crippen molar-refractivity contribution in [2.24, 2.45) is 5.92 Å². The van der Waals surface area contributed by atoms with E-state index in [4.69, 9.17) is 9.47 Å². The summed E-state index contributed by atoms with van der Waals surface area (Å²) in [4.78, 5) is 15.2. The van der Waals surface area contributed by atoms with Crippen molar-refractivity contribution in [3.05, 3.63) is 59.7 Å². The van der Waals surface area contributed by atoms with Gasteiger partial charge in [0.15, 0.2) is 11.5 Å². The fourth-order valence-electron chi connectivity index (χ4n) is 4.15. The Morgan fingerprint density at radius 1 is 1.10 bits per heavy atom. The van der Waals surface area contributed by atoms with Gasteiger partial charge in [-0.1, -0.05) is 43.3 Å². The van der Waals surface area contributed by atoms with Gasteiger partial charge in [-0.15, -0.1) is 0 Å². The Kier molecular flexibility index (Phi) is 7.75. The SMILES string of the molecule is CCC(C)NC(=O)C1CCC(c2ccc(OC)c(OC)c2)N(Cc2ccccc2)C1. The molecule has 3 atom stereocenters. The van der Waals surface area contributed by atoms with E-state index in [1.807, 2.05) is 12.1 Å². The average Bonchev–Trinajstić information content (AvgIpc) is 2.79. The lowest BCUT2D eigenvalue weighted by atomic mass is 9.87. The molecular formula is C25H34N2O3. The van der Waals surface area contributed by atoms with Gasteiger partial charge in [-0.25, -0.2) is 0 Å². The molecule has 0 bridgehead atoms. The van der Waals surface area contributed by atoms with Gasteiger partial charge in [0.25, 0.3) is 0 Å². The van der Waals surface area contributed by atoms with Crippen LogP contribution in [-0.4, -0.2) is 37.6 Å². The second kappa shape index (κ2) is 10.5. The number of ether oxygens (including phenoxy) is 2. The molecule has 0 radical (unpaired) electrons. The van der Waals surface area contributed by atoms with Crippen LogP contribution >= 0.6 is 0 Å². The maximum atomic E-state index is 12.8. The van der Waals surface area contributed by atoms with E-state index >= 15 is 0 Å². The molecule has 1 aliphatic rings. The molecule has 3 unspecified atom stereocenters. The van der Waals surface area contributed by atoms with Crippen LogP contribution in [0.25, 0.3) is 0 Å². The zero-order chi connectivity index (χ0) is 21.5. The Bertz CT molecular complexity index is 824. The van der Waals surface area contributed by atoms with Crippen LogP contribution in [-0.2, 0) is 11.3 Å². The number of carbonyl (C=O) groups excluding carboxylic acids is 1. The minimum atomic E-state index is 0.0131. The Balaban J connectivity index is 1.83. The van der Waals surface area contributed by atoms with E-state index in [0.29, 0.717) is 0 Å². The first kappa shape index (κ1) is 22.2. The quantitative estimate of drug-likeness (QED) is 0.693. The number of methoxy groups -OCH3 is 2. The van der Waals surface area contributed by atoms with Crippen LogP contribution in [0.4, 0.5) is 0 Å². The molecule has 0 aliphatic carbocycles. The molecule has 30 heavy (non-hydrogen) atoms. The van der Waals surface area contributed by atoms with E-state index in [1.165, 1.54) is 11.1 Å². The lowest BCUT2D eigenvalue weighted by molar-refractivity contribution is -0.128. The van der Waals surface area contributed by atoms with Crippen LogP contribution in [0.15, 0.2) is 48.5 Å². The van der Waals surface area contributed by atoms with Crippen molar-refractivity contribution >= 4 is 5.91 Å². The van der Waals surface area contributed by atoms with Crippen molar-refractivity contribution in [3.8, 4) is 11.5 Å². The van der Waals surface area contributed by atoms with Crippen molar-refractivity contribution in [1.82, 2.24) is 10.2 Å². The van der Waals surface area contributed by atoms with Gasteiger partial charge in [0.2, 0.25) is 5.91 Å². The number of hydrogen-bond acceptors (Lipinski definition) is 4. The standard InChI is InChI=1S/C25H34N2O3/c1-5-18(2)26-25(28)21-11-13-22(20-12-14-23(29-3)24(15-20)30-4)27(17-21)16-19-9-7-6-8-10-19/h6-10,12,14-15,18,21-22H,5,11,13,16-17H2,1-4H3,(H,26,28). The number of hydrogen-bond donors (Lipinski definition) is 1. The third-order valence-electron chi connectivity index (χ3n) is 6.08. The molecule has 3 rings (SSSR count). The summed E-state index contributed by atoms with van der Waals surface area (Å²) in [5.74, 6) is 1.66. The van der Waals surface area contributed by atoms with Crippen molar-refractivity contribution in [1.29, 1.82) is 0 Å². The second-order valence-electron chi connectivity index (χ2n) is 8.14. The maximum Gasteiger partial charge on any atom is 0.224 e. The molecule has 1 N–H and O–H groups in total. The summed E-state index contributed by atoms with van der Waals surface area (Å²) >= 11 is 0. The number of rotatable bonds is 8. The molecule has 0 spiro atoms. The highest BCUT2D eigenvalue weighted by molar-refractivity contribution is 5.79. The van der Waals surface area contributed by atoms with Crippen LogP contribution in [0.2, 0.25) is 0 Å². The molecule has 0 saturated carbocycles. The van der Waals surface area contributed by atoms with Gasteiger partial charge >= 0.3 is 0 Å². The monoisotopic (exact) mass is 410 g/mol. The molecule has 5 heteroatoms.